The van der Waals surface area contributed by atoms with E-state index >= 15 is 0 Å². The van der Waals surface area contributed by atoms with Gasteiger partial charge in [-0.05, 0) is 5.56 Å². The lowest BCUT2D eigenvalue weighted by Crippen LogP contribution is -2.36. The molecule has 1 aromatic carbocycles. The average Bonchev–Trinajstić information content (AvgIpc) is 2.29. The van der Waals surface area contributed by atoms with Crippen LogP contribution in [0.4, 0.5) is 0 Å². The molecule has 2 N–H and O–H groups in total. The van der Waals surface area contributed by atoms with Crippen molar-refractivity contribution in [1.29, 1.82) is 0 Å². The summed E-state index contributed by atoms with van der Waals surface area (Å²) in [6, 6.07) is 8.98. The van der Waals surface area contributed by atoms with Crippen LogP contribution in [-0.2, 0) is 20.9 Å². The van der Waals surface area contributed by atoms with Gasteiger partial charge in [0.1, 0.15) is 6.04 Å². The van der Waals surface area contributed by atoms with Gasteiger partial charge in [-0.1, -0.05) is 30.3 Å². The molecule has 0 saturated carbocycles. The number of methoxy groups -OCH3 is 1. The van der Waals surface area contributed by atoms with Gasteiger partial charge >= 0.3 is 5.97 Å². The van der Waals surface area contributed by atoms with Crippen LogP contribution < -0.4 is 5.73 Å². The van der Waals surface area contributed by atoms with Crippen LogP contribution in [0.25, 0.3) is 0 Å². The van der Waals surface area contributed by atoms with Crippen molar-refractivity contribution in [3.05, 3.63) is 35.9 Å². The van der Waals surface area contributed by atoms with Crippen molar-refractivity contribution in [2.24, 2.45) is 5.73 Å². The summed E-state index contributed by atoms with van der Waals surface area (Å²) < 4.78 is 9.75. The normalized spacial score (nSPS) is 12.1. The number of rotatable bonds is 5. The first kappa shape index (κ1) is 11.7. The fourth-order valence-electron chi connectivity index (χ4n) is 1.10. The molecule has 0 radical (unpaired) electrons. The smallest absolute Gasteiger partial charge is 0.325 e. The molecule has 0 saturated heterocycles. The number of nitrogens with two attached hydrogens (primary N) is 1. The lowest BCUT2D eigenvalue weighted by atomic mass is 10.2. The first-order valence-electron chi connectivity index (χ1n) is 4.69. The number of hydrogen-bond donors (Lipinski definition) is 1. The zero-order valence-corrected chi connectivity index (χ0v) is 8.68. The lowest BCUT2D eigenvalue weighted by molar-refractivity contribution is -0.143. The van der Waals surface area contributed by atoms with E-state index in [4.69, 9.17) is 10.5 Å². The zero-order chi connectivity index (χ0) is 11.1. The Hall–Kier alpha value is -1.39. The second-order valence-electron chi connectivity index (χ2n) is 3.13. The Bertz CT molecular complexity index is 300. The largest absolute Gasteiger partial charge is 0.468 e. The fourth-order valence-corrected chi connectivity index (χ4v) is 1.10. The van der Waals surface area contributed by atoms with Gasteiger partial charge in [-0.25, -0.2) is 0 Å². The fraction of sp³-hybridized carbons (Fsp3) is 0.364. The quantitative estimate of drug-likeness (QED) is 0.574. The molecule has 1 rings (SSSR count). The van der Waals surface area contributed by atoms with Crippen molar-refractivity contribution in [3.63, 3.8) is 0 Å². The Kier molecular flexibility index (Phi) is 4.80. The molecule has 0 aliphatic rings. The van der Waals surface area contributed by atoms with Crippen LogP contribution in [0.2, 0.25) is 0 Å². The molecule has 15 heavy (non-hydrogen) atoms. The standard InChI is InChI=1S/C11H15NO3/c1-14-11(13)10(12)8-15-7-9-5-3-2-4-6-9/h2-6,10H,7-8,12H2,1H3/t10-/m0/s1/i8+1. The Morgan fingerprint density at radius 3 is 2.67 bits per heavy atom. The highest BCUT2D eigenvalue weighted by Gasteiger charge is 2.13. The second kappa shape index (κ2) is 6.16. The van der Waals surface area contributed by atoms with Crippen molar-refractivity contribution in [2.75, 3.05) is 13.7 Å². The van der Waals surface area contributed by atoms with Gasteiger partial charge in [0.05, 0.1) is 20.3 Å². The maximum absolute atomic E-state index is 10.9. The van der Waals surface area contributed by atoms with Gasteiger partial charge in [0.15, 0.2) is 0 Å². The first-order valence-corrected chi connectivity index (χ1v) is 4.69. The summed E-state index contributed by atoms with van der Waals surface area (Å²) in [5.74, 6) is -0.455. The van der Waals surface area contributed by atoms with Crippen LogP contribution in [-0.4, -0.2) is 25.7 Å². The molecule has 4 nitrogen and oxygen atoms in total. The van der Waals surface area contributed by atoms with E-state index in [-0.39, 0.29) is 6.61 Å². The molecule has 0 amide bonds. The van der Waals surface area contributed by atoms with E-state index in [0.717, 1.165) is 5.56 Å². The monoisotopic (exact) mass is 210 g/mol. The third kappa shape index (κ3) is 4.10. The van der Waals surface area contributed by atoms with E-state index < -0.39 is 12.0 Å². The molecule has 1 atom stereocenters. The molecule has 0 aromatic heterocycles. The number of benzene rings is 1. The van der Waals surface area contributed by atoms with Crippen LogP contribution in [0.3, 0.4) is 0 Å². The molecule has 0 aliphatic heterocycles. The second-order valence-corrected chi connectivity index (χ2v) is 3.13. The minimum Gasteiger partial charge on any atom is -0.468 e. The Balaban J connectivity index is 2.25. The van der Waals surface area contributed by atoms with E-state index in [9.17, 15) is 4.79 Å². The molecule has 0 bridgehead atoms. The predicted molar refractivity (Wildman–Crippen MR) is 56.1 cm³/mol. The SMILES string of the molecule is COC(=O)[C@@H](N)[13CH2]OCc1ccccc1. The van der Waals surface area contributed by atoms with Gasteiger partial charge in [-0.15, -0.1) is 0 Å². The van der Waals surface area contributed by atoms with Crippen molar-refractivity contribution < 1.29 is 14.3 Å². The molecular weight excluding hydrogens is 195 g/mol. The van der Waals surface area contributed by atoms with Gasteiger partial charge in [0.25, 0.3) is 0 Å². The lowest BCUT2D eigenvalue weighted by Gasteiger charge is -2.09. The minimum absolute atomic E-state index is 0.168. The highest BCUT2D eigenvalue weighted by Crippen LogP contribution is 2.00. The summed E-state index contributed by atoms with van der Waals surface area (Å²) in [5.41, 5.74) is 6.54. The molecule has 0 heterocycles. The summed E-state index contributed by atoms with van der Waals surface area (Å²) >= 11 is 0. The summed E-state index contributed by atoms with van der Waals surface area (Å²) in [4.78, 5) is 10.9. The third-order valence-corrected chi connectivity index (χ3v) is 1.91. The maximum Gasteiger partial charge on any atom is 0.325 e. The molecule has 1 aromatic rings. The molecule has 4 heteroatoms. The third-order valence-electron chi connectivity index (χ3n) is 1.91. The highest BCUT2D eigenvalue weighted by molar-refractivity contribution is 5.75. The van der Waals surface area contributed by atoms with Gasteiger partial charge in [0, 0.05) is 0 Å². The van der Waals surface area contributed by atoms with Crippen molar-refractivity contribution in [2.45, 2.75) is 12.6 Å². The van der Waals surface area contributed by atoms with Gasteiger partial charge < -0.3 is 15.2 Å². The van der Waals surface area contributed by atoms with E-state index in [2.05, 4.69) is 4.74 Å². The molecule has 0 fully saturated rings. The molecule has 0 aliphatic carbocycles. The van der Waals surface area contributed by atoms with Gasteiger partial charge in [-0.3, -0.25) is 4.79 Å². The minimum atomic E-state index is -0.710. The Morgan fingerprint density at radius 1 is 1.40 bits per heavy atom. The van der Waals surface area contributed by atoms with E-state index in [1.54, 1.807) is 0 Å². The highest BCUT2D eigenvalue weighted by atomic mass is 16.6. The van der Waals surface area contributed by atoms with Crippen LogP contribution >= 0.6 is 0 Å². The number of esters is 1. The van der Waals surface area contributed by atoms with Crippen molar-refractivity contribution in [3.8, 4) is 0 Å². The molecule has 82 valence electrons. The number of hydrogen-bond acceptors (Lipinski definition) is 4. The van der Waals surface area contributed by atoms with Crippen LogP contribution in [0.1, 0.15) is 5.56 Å². The summed E-state index contributed by atoms with van der Waals surface area (Å²) in [7, 11) is 1.30. The van der Waals surface area contributed by atoms with E-state index in [0.29, 0.717) is 6.61 Å². The number of carbonyl (C=O) groups is 1. The topological polar surface area (TPSA) is 61.5 Å². The van der Waals surface area contributed by atoms with E-state index in [1.165, 1.54) is 7.11 Å². The van der Waals surface area contributed by atoms with Gasteiger partial charge in [-0.2, -0.15) is 0 Å². The van der Waals surface area contributed by atoms with Crippen molar-refractivity contribution in [1.82, 2.24) is 0 Å². The summed E-state index contributed by atoms with van der Waals surface area (Å²) in [5, 5.41) is 0. The zero-order valence-electron chi connectivity index (χ0n) is 8.68. The van der Waals surface area contributed by atoms with Gasteiger partial charge in [0.2, 0.25) is 0 Å². The molecular formula is C11H15NO3. The Morgan fingerprint density at radius 2 is 2.07 bits per heavy atom. The van der Waals surface area contributed by atoms with Crippen LogP contribution in [0, 0.1) is 0 Å². The van der Waals surface area contributed by atoms with Crippen LogP contribution in [0.15, 0.2) is 30.3 Å². The average molecular weight is 210 g/mol. The number of ether oxygens (including phenoxy) is 2. The summed E-state index contributed by atoms with van der Waals surface area (Å²) in [6.07, 6.45) is 0. The first-order chi connectivity index (χ1) is 7.24. The maximum atomic E-state index is 10.9. The van der Waals surface area contributed by atoms with E-state index in [1.807, 2.05) is 30.3 Å². The number of carbonyl (C=O) groups excluding carboxylic acids is 1. The summed E-state index contributed by atoms with van der Waals surface area (Å²) in [6.45, 7) is 0.618. The predicted octanol–water partition coefficient (Wildman–Crippen LogP) is 0.703. The van der Waals surface area contributed by atoms with Crippen molar-refractivity contribution >= 4 is 5.97 Å². The molecule has 0 unspecified atom stereocenters. The molecule has 0 spiro atoms. The Labute approximate surface area is 89.0 Å². The van der Waals surface area contributed by atoms with Crippen LogP contribution in [0.5, 0.6) is 0 Å².